The molecule has 0 atom stereocenters. The monoisotopic (exact) mass is 391 g/mol. The summed E-state index contributed by atoms with van der Waals surface area (Å²) in [5, 5.41) is 2.93. The third kappa shape index (κ3) is 4.06. The third-order valence-corrected chi connectivity index (χ3v) is 4.65. The molecule has 0 radical (unpaired) electrons. The van der Waals surface area contributed by atoms with Crippen LogP contribution in [-0.2, 0) is 6.54 Å². The highest BCUT2D eigenvalue weighted by Gasteiger charge is 2.22. The second kappa shape index (κ2) is 7.66. The maximum Gasteiger partial charge on any atom is 0.317 e. The highest BCUT2D eigenvalue weighted by Crippen LogP contribution is 2.20. The van der Waals surface area contributed by atoms with Crippen LogP contribution in [0.3, 0.4) is 0 Å². The number of urea groups is 1. The molecule has 1 aliphatic rings. The maximum absolute atomic E-state index is 13.8. The summed E-state index contributed by atoms with van der Waals surface area (Å²) in [5.74, 6) is -0.217. The molecule has 1 heterocycles. The van der Waals surface area contributed by atoms with Crippen molar-refractivity contribution in [2.24, 2.45) is 0 Å². The fraction of sp³-hybridized carbons (Fsp3) is 0.278. The van der Waals surface area contributed by atoms with Gasteiger partial charge in [-0.15, -0.1) is 0 Å². The largest absolute Gasteiger partial charge is 0.366 e. The molecule has 1 aliphatic heterocycles. The Morgan fingerprint density at radius 2 is 1.71 bits per heavy atom. The average Bonchev–Trinajstić information content (AvgIpc) is 2.61. The lowest BCUT2D eigenvalue weighted by Crippen LogP contribution is -2.51. The first kappa shape index (κ1) is 16.8. The lowest BCUT2D eigenvalue weighted by molar-refractivity contribution is 0.194. The van der Waals surface area contributed by atoms with Gasteiger partial charge in [-0.2, -0.15) is 0 Å². The van der Waals surface area contributed by atoms with Crippen LogP contribution >= 0.6 is 15.9 Å². The van der Waals surface area contributed by atoms with Crippen molar-refractivity contribution in [3.63, 3.8) is 0 Å². The SMILES string of the molecule is O=C(NCc1ccc(Br)cc1)N1CCN(c2ccccc2F)CC1. The van der Waals surface area contributed by atoms with Crippen LogP contribution in [0, 0.1) is 5.82 Å². The van der Waals surface area contributed by atoms with E-state index in [4.69, 9.17) is 0 Å². The van der Waals surface area contributed by atoms with Gasteiger partial charge in [-0.3, -0.25) is 0 Å². The summed E-state index contributed by atoms with van der Waals surface area (Å²) in [6.45, 7) is 2.93. The number of halogens is 2. The van der Waals surface area contributed by atoms with Crippen molar-refractivity contribution in [1.29, 1.82) is 0 Å². The molecular weight excluding hydrogens is 373 g/mol. The number of benzene rings is 2. The molecule has 0 aromatic heterocycles. The lowest BCUT2D eigenvalue weighted by atomic mass is 10.2. The Kier molecular flexibility index (Phi) is 5.35. The number of carbonyl (C=O) groups excluding carboxylic acids is 1. The first-order valence-electron chi connectivity index (χ1n) is 7.90. The van der Waals surface area contributed by atoms with Crippen LogP contribution in [0.4, 0.5) is 14.9 Å². The summed E-state index contributed by atoms with van der Waals surface area (Å²) in [7, 11) is 0. The number of para-hydroxylation sites is 1. The molecule has 2 aromatic carbocycles. The number of nitrogens with one attached hydrogen (secondary N) is 1. The van der Waals surface area contributed by atoms with Crippen molar-refractivity contribution in [2.45, 2.75) is 6.54 Å². The van der Waals surface area contributed by atoms with Crippen molar-refractivity contribution in [3.05, 3.63) is 64.4 Å². The molecule has 0 unspecified atom stereocenters. The summed E-state index contributed by atoms with van der Waals surface area (Å²) in [4.78, 5) is 16.0. The molecule has 24 heavy (non-hydrogen) atoms. The molecule has 1 N–H and O–H groups in total. The van der Waals surface area contributed by atoms with Crippen LogP contribution in [0.5, 0.6) is 0 Å². The number of carbonyl (C=O) groups is 1. The Balaban J connectivity index is 1.50. The number of amides is 2. The van der Waals surface area contributed by atoms with Gasteiger partial charge in [0.25, 0.3) is 0 Å². The summed E-state index contributed by atoms with van der Waals surface area (Å²) in [6.07, 6.45) is 0. The number of nitrogens with zero attached hydrogens (tertiary/aromatic N) is 2. The van der Waals surface area contributed by atoms with Crippen LogP contribution < -0.4 is 10.2 Å². The van der Waals surface area contributed by atoms with Crippen molar-refractivity contribution in [2.75, 3.05) is 31.1 Å². The highest BCUT2D eigenvalue weighted by molar-refractivity contribution is 9.10. The summed E-state index contributed by atoms with van der Waals surface area (Å²) in [6, 6.07) is 14.5. The Morgan fingerprint density at radius 1 is 1.04 bits per heavy atom. The fourth-order valence-electron chi connectivity index (χ4n) is 2.75. The molecule has 3 rings (SSSR count). The molecule has 2 aromatic rings. The molecule has 1 saturated heterocycles. The lowest BCUT2D eigenvalue weighted by Gasteiger charge is -2.36. The number of hydrogen-bond acceptors (Lipinski definition) is 2. The molecular formula is C18H19BrFN3O. The zero-order valence-corrected chi connectivity index (χ0v) is 14.8. The van der Waals surface area contributed by atoms with E-state index in [0.29, 0.717) is 38.4 Å². The minimum absolute atomic E-state index is 0.0777. The highest BCUT2D eigenvalue weighted by atomic mass is 79.9. The van der Waals surface area contributed by atoms with Crippen LogP contribution in [0.1, 0.15) is 5.56 Å². The normalized spacial score (nSPS) is 14.6. The number of rotatable bonds is 3. The predicted molar refractivity (Wildman–Crippen MR) is 96.6 cm³/mol. The van der Waals surface area contributed by atoms with Crippen LogP contribution in [0.25, 0.3) is 0 Å². The maximum atomic E-state index is 13.8. The van der Waals surface area contributed by atoms with Gasteiger partial charge in [0.2, 0.25) is 0 Å². The molecule has 0 aliphatic carbocycles. The summed E-state index contributed by atoms with van der Waals surface area (Å²) in [5.41, 5.74) is 1.66. The second-order valence-electron chi connectivity index (χ2n) is 5.71. The van der Waals surface area contributed by atoms with Crippen LogP contribution in [0.15, 0.2) is 53.0 Å². The van der Waals surface area contributed by atoms with Crippen LogP contribution in [-0.4, -0.2) is 37.1 Å². The van der Waals surface area contributed by atoms with Crippen molar-refractivity contribution >= 4 is 27.6 Å². The van der Waals surface area contributed by atoms with Gasteiger partial charge in [-0.1, -0.05) is 40.2 Å². The summed E-state index contributed by atoms with van der Waals surface area (Å²) >= 11 is 3.39. The Labute approximate surface area is 149 Å². The van der Waals surface area contributed by atoms with E-state index in [2.05, 4.69) is 21.2 Å². The van der Waals surface area contributed by atoms with Gasteiger partial charge in [-0.25, -0.2) is 9.18 Å². The third-order valence-electron chi connectivity index (χ3n) is 4.12. The second-order valence-corrected chi connectivity index (χ2v) is 6.63. The molecule has 0 bridgehead atoms. The van der Waals surface area contributed by atoms with Gasteiger partial charge < -0.3 is 15.1 Å². The van der Waals surface area contributed by atoms with Crippen molar-refractivity contribution in [1.82, 2.24) is 10.2 Å². The van der Waals surface area contributed by atoms with Gasteiger partial charge >= 0.3 is 6.03 Å². The van der Waals surface area contributed by atoms with E-state index < -0.39 is 0 Å². The van der Waals surface area contributed by atoms with E-state index in [9.17, 15) is 9.18 Å². The topological polar surface area (TPSA) is 35.6 Å². The minimum atomic E-state index is -0.217. The number of piperazine rings is 1. The minimum Gasteiger partial charge on any atom is -0.366 e. The first-order chi connectivity index (χ1) is 11.6. The molecule has 126 valence electrons. The first-order valence-corrected chi connectivity index (χ1v) is 8.69. The van der Waals surface area contributed by atoms with E-state index in [1.54, 1.807) is 17.0 Å². The fourth-order valence-corrected chi connectivity index (χ4v) is 3.01. The Bertz CT molecular complexity index is 700. The van der Waals surface area contributed by atoms with Crippen molar-refractivity contribution < 1.29 is 9.18 Å². The number of hydrogen-bond donors (Lipinski definition) is 1. The van der Waals surface area contributed by atoms with Crippen LogP contribution in [0.2, 0.25) is 0 Å². The molecule has 0 saturated carbocycles. The zero-order valence-electron chi connectivity index (χ0n) is 13.2. The van der Waals surface area contributed by atoms with Gasteiger partial charge in [0, 0.05) is 37.2 Å². The van der Waals surface area contributed by atoms with Gasteiger partial charge in [0.15, 0.2) is 0 Å². The predicted octanol–water partition coefficient (Wildman–Crippen LogP) is 3.62. The van der Waals surface area contributed by atoms with E-state index in [1.807, 2.05) is 35.2 Å². The van der Waals surface area contributed by atoms with Crippen molar-refractivity contribution in [3.8, 4) is 0 Å². The molecule has 1 fully saturated rings. The van der Waals surface area contributed by atoms with E-state index in [-0.39, 0.29) is 11.8 Å². The van der Waals surface area contributed by atoms with E-state index in [1.165, 1.54) is 6.07 Å². The molecule has 2 amide bonds. The molecule has 4 nitrogen and oxygen atoms in total. The Hall–Kier alpha value is -2.08. The average molecular weight is 392 g/mol. The standard InChI is InChI=1S/C18H19BrFN3O/c19-15-7-5-14(6-8-15)13-21-18(24)23-11-9-22(10-12-23)17-4-2-1-3-16(17)20/h1-8H,9-13H2,(H,21,24). The van der Waals surface area contributed by atoms with Gasteiger partial charge in [0.1, 0.15) is 5.82 Å². The summed E-state index contributed by atoms with van der Waals surface area (Å²) < 4.78 is 14.8. The van der Waals surface area contributed by atoms with Gasteiger partial charge in [-0.05, 0) is 29.8 Å². The zero-order chi connectivity index (χ0) is 16.9. The smallest absolute Gasteiger partial charge is 0.317 e. The molecule has 6 heteroatoms. The van der Waals surface area contributed by atoms with E-state index >= 15 is 0 Å². The quantitative estimate of drug-likeness (QED) is 0.866. The van der Waals surface area contributed by atoms with E-state index in [0.717, 1.165) is 10.0 Å². The molecule has 0 spiro atoms. The van der Waals surface area contributed by atoms with Gasteiger partial charge in [0.05, 0.1) is 5.69 Å². The Morgan fingerprint density at radius 3 is 2.38 bits per heavy atom. The number of anilines is 1.